The molecule has 1 aromatic rings. The molecule has 0 radical (unpaired) electrons. The molecule has 132 valence electrons. The summed E-state index contributed by atoms with van der Waals surface area (Å²) in [6.45, 7) is 8.98. The van der Waals surface area contributed by atoms with Gasteiger partial charge in [0.15, 0.2) is 0 Å². The lowest BCUT2D eigenvalue weighted by atomic mass is 9.85. The first kappa shape index (κ1) is 17.5. The SMILES string of the molecule is CC1(C)CCCN(c2ncc(C(=O)N3CCOCC3)cc2Cl)CC1. The molecule has 5 nitrogen and oxygen atoms in total. The molecule has 0 aromatic carbocycles. The minimum Gasteiger partial charge on any atom is -0.378 e. The van der Waals surface area contributed by atoms with E-state index < -0.39 is 0 Å². The Labute approximate surface area is 148 Å². The highest BCUT2D eigenvalue weighted by atomic mass is 35.5. The van der Waals surface area contributed by atoms with Crippen molar-refractivity contribution in [2.45, 2.75) is 33.1 Å². The maximum Gasteiger partial charge on any atom is 0.255 e. The fourth-order valence-corrected chi connectivity index (χ4v) is 3.65. The number of nitrogens with zero attached hydrogens (tertiary/aromatic N) is 3. The van der Waals surface area contributed by atoms with Gasteiger partial charge in [0, 0.05) is 32.4 Å². The van der Waals surface area contributed by atoms with Crippen LogP contribution in [0.4, 0.5) is 5.82 Å². The Morgan fingerprint density at radius 3 is 2.67 bits per heavy atom. The van der Waals surface area contributed by atoms with Crippen molar-refractivity contribution >= 4 is 23.3 Å². The summed E-state index contributed by atoms with van der Waals surface area (Å²) in [6.07, 6.45) is 5.14. The summed E-state index contributed by atoms with van der Waals surface area (Å²) in [6, 6.07) is 1.76. The number of halogens is 1. The van der Waals surface area contributed by atoms with Crippen molar-refractivity contribution in [2.75, 3.05) is 44.3 Å². The number of rotatable bonds is 2. The number of pyridine rings is 1. The zero-order valence-electron chi connectivity index (χ0n) is 14.6. The van der Waals surface area contributed by atoms with Crippen LogP contribution in [-0.4, -0.2) is 55.2 Å². The van der Waals surface area contributed by atoms with E-state index in [4.69, 9.17) is 16.3 Å². The Bertz CT molecular complexity index is 600. The Morgan fingerprint density at radius 1 is 1.21 bits per heavy atom. The van der Waals surface area contributed by atoms with E-state index in [1.54, 1.807) is 17.2 Å². The molecule has 24 heavy (non-hydrogen) atoms. The fourth-order valence-electron chi connectivity index (χ4n) is 3.36. The molecule has 2 saturated heterocycles. The molecule has 0 spiro atoms. The number of ether oxygens (including phenoxy) is 1. The topological polar surface area (TPSA) is 45.7 Å². The summed E-state index contributed by atoms with van der Waals surface area (Å²) >= 11 is 6.47. The van der Waals surface area contributed by atoms with Gasteiger partial charge in [-0.15, -0.1) is 0 Å². The summed E-state index contributed by atoms with van der Waals surface area (Å²) in [7, 11) is 0. The molecule has 0 aliphatic carbocycles. The van der Waals surface area contributed by atoms with Gasteiger partial charge in [0.1, 0.15) is 5.82 Å². The van der Waals surface area contributed by atoms with Gasteiger partial charge in [-0.2, -0.15) is 0 Å². The molecule has 0 atom stereocenters. The van der Waals surface area contributed by atoms with Gasteiger partial charge in [0.05, 0.1) is 23.8 Å². The second-order valence-corrected chi connectivity index (χ2v) is 7.85. The molecule has 1 aromatic heterocycles. The van der Waals surface area contributed by atoms with Crippen molar-refractivity contribution in [3.05, 3.63) is 22.8 Å². The van der Waals surface area contributed by atoms with Crippen molar-refractivity contribution in [1.29, 1.82) is 0 Å². The summed E-state index contributed by atoms with van der Waals surface area (Å²) in [4.78, 5) is 21.1. The number of aromatic nitrogens is 1. The third-order valence-electron chi connectivity index (χ3n) is 5.01. The molecule has 0 N–H and O–H groups in total. The summed E-state index contributed by atoms with van der Waals surface area (Å²) in [5.74, 6) is 0.782. The van der Waals surface area contributed by atoms with E-state index in [9.17, 15) is 4.79 Å². The normalized spacial score (nSPS) is 21.5. The lowest BCUT2D eigenvalue weighted by Gasteiger charge is -2.27. The second kappa shape index (κ2) is 7.28. The van der Waals surface area contributed by atoms with Crippen LogP contribution in [0.3, 0.4) is 0 Å². The van der Waals surface area contributed by atoms with Crippen LogP contribution in [0.5, 0.6) is 0 Å². The van der Waals surface area contributed by atoms with Crippen molar-refractivity contribution < 1.29 is 9.53 Å². The van der Waals surface area contributed by atoms with Crippen LogP contribution in [0.1, 0.15) is 43.5 Å². The Hall–Kier alpha value is -1.33. The standard InChI is InChI=1S/C18H26ClN3O2/c1-18(2)4-3-6-21(7-5-18)16-15(19)12-14(13-20-16)17(23)22-8-10-24-11-9-22/h12-13H,3-11H2,1-2H3. The highest BCUT2D eigenvalue weighted by Crippen LogP contribution is 2.33. The molecular weight excluding hydrogens is 326 g/mol. The molecule has 3 heterocycles. The van der Waals surface area contributed by atoms with Gasteiger partial charge in [-0.05, 0) is 30.7 Å². The molecule has 3 rings (SSSR count). The van der Waals surface area contributed by atoms with Gasteiger partial charge in [0.2, 0.25) is 0 Å². The monoisotopic (exact) mass is 351 g/mol. The van der Waals surface area contributed by atoms with Crippen molar-refractivity contribution in [1.82, 2.24) is 9.88 Å². The number of anilines is 1. The average molecular weight is 352 g/mol. The summed E-state index contributed by atoms with van der Waals surface area (Å²) in [5, 5.41) is 0.564. The molecule has 6 heteroatoms. The number of carbonyl (C=O) groups is 1. The van der Waals surface area contributed by atoms with Crippen LogP contribution in [0.2, 0.25) is 5.02 Å². The Kier molecular flexibility index (Phi) is 5.30. The lowest BCUT2D eigenvalue weighted by Crippen LogP contribution is -2.40. The zero-order valence-corrected chi connectivity index (χ0v) is 15.3. The average Bonchev–Trinajstić information content (AvgIpc) is 2.75. The van der Waals surface area contributed by atoms with Crippen LogP contribution in [0.25, 0.3) is 0 Å². The molecule has 2 aliphatic heterocycles. The van der Waals surface area contributed by atoms with E-state index in [1.165, 1.54) is 6.42 Å². The van der Waals surface area contributed by atoms with Crippen molar-refractivity contribution in [3.8, 4) is 0 Å². The zero-order chi connectivity index (χ0) is 17.2. The van der Waals surface area contributed by atoms with E-state index in [0.717, 1.165) is 31.7 Å². The number of amides is 1. The van der Waals surface area contributed by atoms with Crippen LogP contribution in [-0.2, 0) is 4.74 Å². The fraction of sp³-hybridized carbons (Fsp3) is 0.667. The van der Waals surface area contributed by atoms with Crippen LogP contribution in [0, 0.1) is 5.41 Å². The number of morpholine rings is 1. The number of carbonyl (C=O) groups excluding carboxylic acids is 1. The Balaban J connectivity index is 1.73. The van der Waals surface area contributed by atoms with Crippen molar-refractivity contribution in [3.63, 3.8) is 0 Å². The van der Waals surface area contributed by atoms with Crippen LogP contribution in [0.15, 0.2) is 12.3 Å². The molecule has 2 fully saturated rings. The minimum atomic E-state index is -0.0174. The molecule has 0 saturated carbocycles. The third kappa shape index (κ3) is 4.01. The second-order valence-electron chi connectivity index (χ2n) is 7.44. The van der Waals surface area contributed by atoms with Gasteiger partial charge < -0.3 is 14.5 Å². The predicted octanol–water partition coefficient (Wildman–Crippen LogP) is 3.22. The quantitative estimate of drug-likeness (QED) is 0.820. The highest BCUT2D eigenvalue weighted by molar-refractivity contribution is 6.33. The van der Waals surface area contributed by atoms with Crippen LogP contribution < -0.4 is 4.90 Å². The highest BCUT2D eigenvalue weighted by Gasteiger charge is 2.25. The molecule has 0 bridgehead atoms. The van der Waals surface area contributed by atoms with E-state index in [0.29, 0.717) is 42.3 Å². The predicted molar refractivity (Wildman–Crippen MR) is 95.8 cm³/mol. The van der Waals surface area contributed by atoms with Crippen molar-refractivity contribution in [2.24, 2.45) is 5.41 Å². The first-order valence-electron chi connectivity index (χ1n) is 8.74. The maximum absolute atomic E-state index is 12.5. The lowest BCUT2D eigenvalue weighted by molar-refractivity contribution is 0.0302. The largest absolute Gasteiger partial charge is 0.378 e. The number of hydrogen-bond acceptors (Lipinski definition) is 4. The first-order chi connectivity index (χ1) is 11.5. The maximum atomic E-state index is 12.5. The molecule has 0 unspecified atom stereocenters. The van der Waals surface area contributed by atoms with Gasteiger partial charge in [-0.1, -0.05) is 25.4 Å². The van der Waals surface area contributed by atoms with Gasteiger partial charge in [0.25, 0.3) is 5.91 Å². The number of hydrogen-bond donors (Lipinski definition) is 0. The molecule has 1 amide bonds. The van der Waals surface area contributed by atoms with E-state index in [-0.39, 0.29) is 5.91 Å². The summed E-state index contributed by atoms with van der Waals surface area (Å²) in [5.41, 5.74) is 0.925. The van der Waals surface area contributed by atoms with E-state index >= 15 is 0 Å². The molecular formula is C18H26ClN3O2. The van der Waals surface area contributed by atoms with E-state index in [2.05, 4.69) is 23.7 Å². The summed E-state index contributed by atoms with van der Waals surface area (Å²) < 4.78 is 5.29. The first-order valence-corrected chi connectivity index (χ1v) is 9.12. The smallest absolute Gasteiger partial charge is 0.255 e. The van der Waals surface area contributed by atoms with Gasteiger partial charge in [-0.25, -0.2) is 4.98 Å². The molecule has 2 aliphatic rings. The third-order valence-corrected chi connectivity index (χ3v) is 5.28. The van der Waals surface area contributed by atoms with Crippen LogP contribution >= 0.6 is 11.6 Å². The van der Waals surface area contributed by atoms with Gasteiger partial charge >= 0.3 is 0 Å². The Morgan fingerprint density at radius 2 is 1.96 bits per heavy atom. The van der Waals surface area contributed by atoms with E-state index in [1.807, 2.05) is 0 Å². The minimum absolute atomic E-state index is 0.0174. The van der Waals surface area contributed by atoms with Gasteiger partial charge in [-0.3, -0.25) is 4.79 Å².